The van der Waals surface area contributed by atoms with Crippen LogP contribution >= 0.6 is 0 Å². The first kappa shape index (κ1) is 14.8. The van der Waals surface area contributed by atoms with Crippen LogP contribution in [-0.4, -0.2) is 16.9 Å². The Bertz CT molecular complexity index is 721. The lowest BCUT2D eigenvalue weighted by molar-refractivity contribution is 0.386. The predicted octanol–water partition coefficient (Wildman–Crippen LogP) is 3.25. The standard InChI is InChI=1S/C17H19FN2O2/c1-22-16-8-6-13(10-14(16)18)15-7-9-17(21)20(19-15)11-12-4-2-3-5-12/h6-10,12H,2-5,11H2,1H3. The van der Waals surface area contributed by atoms with Crippen LogP contribution in [0.25, 0.3) is 11.3 Å². The Morgan fingerprint density at radius 1 is 1.27 bits per heavy atom. The number of halogens is 1. The Morgan fingerprint density at radius 3 is 2.73 bits per heavy atom. The molecule has 22 heavy (non-hydrogen) atoms. The van der Waals surface area contributed by atoms with Crippen LogP contribution in [-0.2, 0) is 6.54 Å². The number of ether oxygens (including phenoxy) is 1. The Kier molecular flexibility index (Phi) is 4.22. The van der Waals surface area contributed by atoms with Crippen LogP contribution in [0.1, 0.15) is 25.7 Å². The molecule has 0 bridgehead atoms. The van der Waals surface area contributed by atoms with E-state index < -0.39 is 5.82 Å². The number of hydrogen-bond donors (Lipinski definition) is 0. The summed E-state index contributed by atoms with van der Waals surface area (Å²) in [5.74, 6) is 0.284. The van der Waals surface area contributed by atoms with Gasteiger partial charge in [0.15, 0.2) is 11.6 Å². The van der Waals surface area contributed by atoms with Crippen molar-refractivity contribution >= 4 is 0 Å². The van der Waals surface area contributed by atoms with Gasteiger partial charge in [0.2, 0.25) is 0 Å². The molecule has 116 valence electrons. The van der Waals surface area contributed by atoms with Crippen LogP contribution in [0, 0.1) is 11.7 Å². The first-order chi connectivity index (χ1) is 10.7. The molecule has 4 nitrogen and oxygen atoms in total. The summed E-state index contributed by atoms with van der Waals surface area (Å²) in [6.45, 7) is 0.644. The lowest BCUT2D eigenvalue weighted by Gasteiger charge is -2.12. The summed E-state index contributed by atoms with van der Waals surface area (Å²) in [4.78, 5) is 12.0. The molecule has 0 saturated heterocycles. The van der Waals surface area contributed by atoms with Crippen molar-refractivity contribution in [2.24, 2.45) is 5.92 Å². The van der Waals surface area contributed by atoms with Gasteiger partial charge in [0.1, 0.15) is 0 Å². The first-order valence-electron chi connectivity index (χ1n) is 7.59. The molecule has 0 aliphatic heterocycles. The van der Waals surface area contributed by atoms with E-state index in [1.165, 1.54) is 36.8 Å². The summed E-state index contributed by atoms with van der Waals surface area (Å²) in [6, 6.07) is 7.83. The summed E-state index contributed by atoms with van der Waals surface area (Å²) in [7, 11) is 1.43. The van der Waals surface area contributed by atoms with Gasteiger partial charge in [-0.05, 0) is 43.0 Å². The molecule has 1 aromatic carbocycles. The monoisotopic (exact) mass is 302 g/mol. The maximum Gasteiger partial charge on any atom is 0.266 e. The summed E-state index contributed by atoms with van der Waals surface area (Å²) in [5, 5.41) is 4.40. The predicted molar refractivity (Wildman–Crippen MR) is 82.4 cm³/mol. The van der Waals surface area contributed by atoms with Crippen molar-refractivity contribution in [2.45, 2.75) is 32.2 Å². The highest BCUT2D eigenvalue weighted by Crippen LogP contribution is 2.26. The zero-order valence-corrected chi connectivity index (χ0v) is 12.6. The number of rotatable bonds is 4. The molecule has 0 atom stereocenters. The quantitative estimate of drug-likeness (QED) is 0.871. The third-order valence-electron chi connectivity index (χ3n) is 4.22. The van der Waals surface area contributed by atoms with E-state index in [4.69, 9.17) is 4.74 Å². The number of nitrogens with zero attached hydrogens (tertiary/aromatic N) is 2. The maximum absolute atomic E-state index is 13.8. The van der Waals surface area contributed by atoms with Gasteiger partial charge in [-0.25, -0.2) is 9.07 Å². The van der Waals surface area contributed by atoms with Gasteiger partial charge >= 0.3 is 0 Å². The Balaban J connectivity index is 1.90. The topological polar surface area (TPSA) is 44.1 Å². The molecule has 1 aliphatic carbocycles. The second-order valence-corrected chi connectivity index (χ2v) is 5.74. The van der Waals surface area contributed by atoms with E-state index in [1.807, 2.05) is 0 Å². The van der Waals surface area contributed by atoms with Crippen LogP contribution in [0.4, 0.5) is 4.39 Å². The van der Waals surface area contributed by atoms with Crippen LogP contribution < -0.4 is 10.3 Å². The number of methoxy groups -OCH3 is 1. The van der Waals surface area contributed by atoms with Crippen molar-refractivity contribution in [2.75, 3.05) is 7.11 Å². The van der Waals surface area contributed by atoms with Gasteiger partial charge in [-0.1, -0.05) is 12.8 Å². The highest BCUT2D eigenvalue weighted by atomic mass is 19.1. The van der Waals surface area contributed by atoms with Crippen molar-refractivity contribution in [3.05, 3.63) is 46.5 Å². The van der Waals surface area contributed by atoms with Gasteiger partial charge in [0.25, 0.3) is 5.56 Å². The summed E-state index contributed by atoms with van der Waals surface area (Å²) in [5.41, 5.74) is 1.13. The molecule has 3 rings (SSSR count). The minimum atomic E-state index is -0.435. The fourth-order valence-electron chi connectivity index (χ4n) is 3.00. The lowest BCUT2D eigenvalue weighted by Crippen LogP contribution is -2.25. The molecule has 1 fully saturated rings. The van der Waals surface area contributed by atoms with E-state index in [-0.39, 0.29) is 11.3 Å². The highest BCUT2D eigenvalue weighted by molar-refractivity contribution is 5.59. The molecule has 5 heteroatoms. The Morgan fingerprint density at radius 2 is 2.05 bits per heavy atom. The molecule has 0 spiro atoms. The summed E-state index contributed by atoms with van der Waals surface area (Å²) >= 11 is 0. The van der Waals surface area contributed by atoms with Crippen molar-refractivity contribution in [1.82, 2.24) is 9.78 Å². The summed E-state index contributed by atoms with van der Waals surface area (Å²) < 4.78 is 20.2. The van der Waals surface area contributed by atoms with E-state index in [0.717, 1.165) is 12.8 Å². The third kappa shape index (κ3) is 3.03. The first-order valence-corrected chi connectivity index (χ1v) is 7.59. The average Bonchev–Trinajstić information content (AvgIpc) is 3.02. The van der Waals surface area contributed by atoms with E-state index >= 15 is 0 Å². The lowest BCUT2D eigenvalue weighted by atomic mass is 10.1. The number of aromatic nitrogens is 2. The fourth-order valence-corrected chi connectivity index (χ4v) is 3.00. The molecular formula is C17H19FN2O2. The molecule has 0 N–H and O–H groups in total. The molecule has 2 aromatic rings. The maximum atomic E-state index is 13.8. The molecule has 0 unspecified atom stereocenters. The van der Waals surface area contributed by atoms with Crippen molar-refractivity contribution in [1.29, 1.82) is 0 Å². The highest BCUT2D eigenvalue weighted by Gasteiger charge is 2.17. The van der Waals surface area contributed by atoms with Crippen LogP contribution in [0.2, 0.25) is 0 Å². The van der Waals surface area contributed by atoms with E-state index in [9.17, 15) is 9.18 Å². The average molecular weight is 302 g/mol. The van der Waals surface area contributed by atoms with Crippen LogP contribution in [0.3, 0.4) is 0 Å². The minimum absolute atomic E-state index is 0.107. The second-order valence-electron chi connectivity index (χ2n) is 5.74. The van der Waals surface area contributed by atoms with Crippen LogP contribution in [0.15, 0.2) is 35.1 Å². The van der Waals surface area contributed by atoms with E-state index in [2.05, 4.69) is 5.10 Å². The van der Waals surface area contributed by atoms with Gasteiger partial charge in [0.05, 0.1) is 12.8 Å². The van der Waals surface area contributed by atoms with E-state index in [1.54, 1.807) is 18.2 Å². The molecule has 1 saturated carbocycles. The SMILES string of the molecule is COc1ccc(-c2ccc(=O)n(CC3CCCC3)n2)cc1F. The van der Waals surface area contributed by atoms with Gasteiger partial charge in [0, 0.05) is 18.2 Å². The minimum Gasteiger partial charge on any atom is -0.494 e. The number of benzene rings is 1. The van der Waals surface area contributed by atoms with Gasteiger partial charge in [-0.2, -0.15) is 5.10 Å². The fraction of sp³-hybridized carbons (Fsp3) is 0.412. The Labute approximate surface area is 128 Å². The summed E-state index contributed by atoms with van der Waals surface area (Å²) in [6.07, 6.45) is 4.75. The van der Waals surface area contributed by atoms with Crippen molar-refractivity contribution in [3.8, 4) is 17.0 Å². The third-order valence-corrected chi connectivity index (χ3v) is 4.22. The normalized spacial score (nSPS) is 15.2. The second kappa shape index (κ2) is 6.30. The number of hydrogen-bond acceptors (Lipinski definition) is 3. The molecule has 0 amide bonds. The molecule has 0 radical (unpaired) electrons. The Hall–Kier alpha value is -2.17. The molecular weight excluding hydrogens is 283 g/mol. The zero-order chi connectivity index (χ0) is 15.5. The van der Waals surface area contributed by atoms with Crippen molar-refractivity contribution in [3.63, 3.8) is 0 Å². The van der Waals surface area contributed by atoms with Crippen molar-refractivity contribution < 1.29 is 9.13 Å². The van der Waals surface area contributed by atoms with Crippen LogP contribution in [0.5, 0.6) is 5.75 Å². The van der Waals surface area contributed by atoms with Gasteiger partial charge in [-0.3, -0.25) is 4.79 Å². The largest absolute Gasteiger partial charge is 0.494 e. The molecule has 1 heterocycles. The molecule has 1 aromatic heterocycles. The smallest absolute Gasteiger partial charge is 0.266 e. The van der Waals surface area contributed by atoms with Gasteiger partial charge < -0.3 is 4.74 Å². The van der Waals surface area contributed by atoms with E-state index in [0.29, 0.717) is 23.7 Å². The zero-order valence-electron chi connectivity index (χ0n) is 12.6. The molecule has 1 aliphatic rings. The van der Waals surface area contributed by atoms with Gasteiger partial charge in [-0.15, -0.1) is 0 Å².